The summed E-state index contributed by atoms with van der Waals surface area (Å²) in [5.74, 6) is -0.636. The highest BCUT2D eigenvalue weighted by molar-refractivity contribution is 7.89. The van der Waals surface area contributed by atoms with E-state index in [4.69, 9.17) is 5.73 Å². The van der Waals surface area contributed by atoms with Crippen molar-refractivity contribution >= 4 is 15.7 Å². The molecule has 0 aliphatic carbocycles. The molecule has 4 nitrogen and oxygen atoms in total. The van der Waals surface area contributed by atoms with Gasteiger partial charge in [-0.05, 0) is 39.0 Å². The molecule has 1 aromatic carbocycles. The van der Waals surface area contributed by atoms with E-state index < -0.39 is 21.4 Å². The molecule has 0 aliphatic heterocycles. The van der Waals surface area contributed by atoms with Crippen LogP contribution in [0.25, 0.3) is 0 Å². The molecule has 1 aromatic rings. The summed E-state index contributed by atoms with van der Waals surface area (Å²) < 4.78 is 39.1. The van der Waals surface area contributed by atoms with Crippen LogP contribution < -0.4 is 10.5 Å². The number of nitrogens with two attached hydrogens (primary N) is 1. The van der Waals surface area contributed by atoms with Gasteiger partial charge in [0, 0.05) is 5.54 Å². The minimum Gasteiger partial charge on any atom is -0.398 e. The standard InChI is InChI=1S/C10H15FN2O2S/c1-10(2,3)13-16(14,15)9-6-7(11)4-5-8(9)12/h4-6,13H,12H2,1-3H3. The topological polar surface area (TPSA) is 72.2 Å². The molecular formula is C10H15FN2O2S. The molecule has 3 N–H and O–H groups in total. The highest BCUT2D eigenvalue weighted by Gasteiger charge is 2.24. The molecule has 0 unspecified atom stereocenters. The van der Waals surface area contributed by atoms with Crippen molar-refractivity contribution in [3.8, 4) is 0 Å². The first-order valence-corrected chi connectivity index (χ1v) is 6.19. The van der Waals surface area contributed by atoms with Crippen LogP contribution in [0.3, 0.4) is 0 Å². The van der Waals surface area contributed by atoms with E-state index in [1.54, 1.807) is 20.8 Å². The molecule has 0 amide bonds. The number of sulfonamides is 1. The Morgan fingerprint density at radius 2 is 1.88 bits per heavy atom. The largest absolute Gasteiger partial charge is 0.398 e. The van der Waals surface area contributed by atoms with Crippen molar-refractivity contribution in [1.29, 1.82) is 0 Å². The molecule has 0 aliphatic rings. The molecule has 6 heteroatoms. The minimum absolute atomic E-state index is 0.0261. The molecule has 0 atom stereocenters. The Labute approximate surface area is 94.7 Å². The molecule has 0 radical (unpaired) electrons. The fraction of sp³-hybridized carbons (Fsp3) is 0.400. The van der Waals surface area contributed by atoms with Crippen LogP contribution in [-0.4, -0.2) is 14.0 Å². The summed E-state index contributed by atoms with van der Waals surface area (Å²) in [5.41, 5.74) is 4.89. The fourth-order valence-corrected chi connectivity index (χ4v) is 2.76. The zero-order valence-corrected chi connectivity index (χ0v) is 10.2. The number of nitrogens with one attached hydrogen (secondary N) is 1. The van der Waals surface area contributed by atoms with Gasteiger partial charge in [-0.25, -0.2) is 17.5 Å². The summed E-state index contributed by atoms with van der Waals surface area (Å²) >= 11 is 0. The molecule has 0 spiro atoms. The first-order chi connectivity index (χ1) is 7.12. The summed E-state index contributed by atoms with van der Waals surface area (Å²) in [4.78, 5) is -0.234. The fourth-order valence-electron chi connectivity index (χ4n) is 1.20. The van der Waals surface area contributed by atoms with Crippen LogP contribution >= 0.6 is 0 Å². The first kappa shape index (κ1) is 12.9. The highest BCUT2D eigenvalue weighted by Crippen LogP contribution is 2.20. The molecule has 0 saturated carbocycles. The van der Waals surface area contributed by atoms with Crippen molar-refractivity contribution in [3.63, 3.8) is 0 Å². The van der Waals surface area contributed by atoms with Crippen LogP contribution in [0.15, 0.2) is 23.1 Å². The molecule has 16 heavy (non-hydrogen) atoms. The van der Waals surface area contributed by atoms with E-state index in [9.17, 15) is 12.8 Å². The zero-order valence-electron chi connectivity index (χ0n) is 9.41. The van der Waals surface area contributed by atoms with E-state index in [0.717, 1.165) is 12.1 Å². The third-order valence-corrected chi connectivity index (χ3v) is 3.52. The lowest BCUT2D eigenvalue weighted by atomic mass is 10.1. The van der Waals surface area contributed by atoms with Crippen molar-refractivity contribution in [3.05, 3.63) is 24.0 Å². The molecule has 0 fully saturated rings. The Morgan fingerprint density at radius 1 is 1.31 bits per heavy atom. The summed E-state index contributed by atoms with van der Waals surface area (Å²) in [6, 6.07) is 3.25. The summed E-state index contributed by atoms with van der Waals surface area (Å²) in [5, 5.41) is 0. The van der Waals surface area contributed by atoms with Gasteiger partial charge >= 0.3 is 0 Å². The summed E-state index contributed by atoms with van der Waals surface area (Å²) in [6.45, 7) is 5.08. The molecule has 90 valence electrons. The van der Waals surface area contributed by atoms with E-state index in [1.807, 2.05) is 0 Å². The number of benzene rings is 1. The normalized spacial score (nSPS) is 12.8. The SMILES string of the molecule is CC(C)(C)NS(=O)(=O)c1cc(F)ccc1N. The Hall–Kier alpha value is -1.14. The van der Waals surface area contributed by atoms with Gasteiger partial charge in [0.05, 0.1) is 5.69 Å². The van der Waals surface area contributed by atoms with Crippen molar-refractivity contribution in [2.24, 2.45) is 0 Å². The number of hydrogen-bond donors (Lipinski definition) is 2. The van der Waals surface area contributed by atoms with E-state index >= 15 is 0 Å². The Balaban J connectivity index is 3.22. The van der Waals surface area contributed by atoms with Crippen LogP contribution in [-0.2, 0) is 10.0 Å². The monoisotopic (exact) mass is 246 g/mol. The van der Waals surface area contributed by atoms with E-state index in [0.29, 0.717) is 0 Å². The molecular weight excluding hydrogens is 231 g/mol. The Morgan fingerprint density at radius 3 is 2.38 bits per heavy atom. The highest BCUT2D eigenvalue weighted by atomic mass is 32.2. The maximum absolute atomic E-state index is 13.0. The second-order valence-electron chi connectivity index (χ2n) is 4.54. The van der Waals surface area contributed by atoms with Gasteiger partial charge in [0.15, 0.2) is 0 Å². The Kier molecular flexibility index (Phi) is 3.25. The summed E-state index contributed by atoms with van der Waals surface area (Å²) in [6.07, 6.45) is 0. The van der Waals surface area contributed by atoms with E-state index in [1.165, 1.54) is 6.07 Å². The second-order valence-corrected chi connectivity index (χ2v) is 6.19. The third kappa shape index (κ3) is 3.18. The van der Waals surface area contributed by atoms with Gasteiger partial charge in [-0.1, -0.05) is 0 Å². The summed E-state index contributed by atoms with van der Waals surface area (Å²) in [7, 11) is -3.79. The van der Waals surface area contributed by atoms with E-state index in [-0.39, 0.29) is 10.6 Å². The lowest BCUT2D eigenvalue weighted by molar-refractivity contribution is 0.491. The number of hydrogen-bond acceptors (Lipinski definition) is 3. The van der Waals surface area contributed by atoms with Crippen LogP contribution in [0.1, 0.15) is 20.8 Å². The number of nitrogen functional groups attached to an aromatic ring is 1. The van der Waals surface area contributed by atoms with Gasteiger partial charge in [-0.15, -0.1) is 0 Å². The van der Waals surface area contributed by atoms with Crippen molar-refractivity contribution in [1.82, 2.24) is 4.72 Å². The molecule has 0 bridgehead atoms. The quantitative estimate of drug-likeness (QED) is 0.776. The number of halogens is 1. The zero-order chi connectivity index (χ0) is 12.6. The van der Waals surface area contributed by atoms with Gasteiger partial charge in [0.25, 0.3) is 0 Å². The van der Waals surface area contributed by atoms with Crippen LogP contribution in [0.4, 0.5) is 10.1 Å². The smallest absolute Gasteiger partial charge is 0.243 e. The van der Waals surface area contributed by atoms with Crippen LogP contribution in [0, 0.1) is 5.82 Å². The third-order valence-electron chi connectivity index (χ3n) is 1.71. The molecule has 0 saturated heterocycles. The number of rotatable bonds is 2. The van der Waals surface area contributed by atoms with Crippen LogP contribution in [0.2, 0.25) is 0 Å². The predicted octanol–water partition coefficient (Wildman–Crippen LogP) is 1.48. The van der Waals surface area contributed by atoms with Crippen LogP contribution in [0.5, 0.6) is 0 Å². The predicted molar refractivity (Wildman–Crippen MR) is 60.9 cm³/mol. The van der Waals surface area contributed by atoms with Crippen molar-refractivity contribution < 1.29 is 12.8 Å². The Bertz CT molecular complexity index is 492. The van der Waals surface area contributed by atoms with Gasteiger partial charge in [-0.3, -0.25) is 0 Å². The maximum Gasteiger partial charge on any atom is 0.243 e. The minimum atomic E-state index is -3.79. The molecule has 0 heterocycles. The molecule has 1 rings (SSSR count). The lowest BCUT2D eigenvalue weighted by Gasteiger charge is -2.20. The van der Waals surface area contributed by atoms with Gasteiger partial charge in [-0.2, -0.15) is 0 Å². The van der Waals surface area contributed by atoms with Gasteiger partial charge in [0.1, 0.15) is 10.7 Å². The van der Waals surface area contributed by atoms with Crippen molar-refractivity contribution in [2.45, 2.75) is 31.2 Å². The number of anilines is 1. The average Bonchev–Trinajstić information content (AvgIpc) is 2.04. The first-order valence-electron chi connectivity index (χ1n) is 4.71. The average molecular weight is 246 g/mol. The van der Waals surface area contributed by atoms with Crippen molar-refractivity contribution in [2.75, 3.05) is 5.73 Å². The molecule has 0 aromatic heterocycles. The van der Waals surface area contributed by atoms with E-state index in [2.05, 4.69) is 4.72 Å². The maximum atomic E-state index is 13.0. The second kappa shape index (κ2) is 4.03. The van der Waals surface area contributed by atoms with Gasteiger partial charge in [0.2, 0.25) is 10.0 Å². The lowest BCUT2D eigenvalue weighted by Crippen LogP contribution is -2.40. The van der Waals surface area contributed by atoms with Gasteiger partial charge < -0.3 is 5.73 Å².